The van der Waals surface area contributed by atoms with E-state index in [4.69, 9.17) is 0 Å². The van der Waals surface area contributed by atoms with Crippen LogP contribution in [0.4, 0.5) is 0 Å². The molecule has 0 aliphatic heterocycles. The van der Waals surface area contributed by atoms with Crippen LogP contribution < -0.4 is 5.32 Å². The molecule has 0 fully saturated rings. The molecule has 2 aromatic heterocycles. The smallest absolute Gasteiger partial charge is 0.263 e. The molecule has 2 aromatic rings. The molecule has 0 saturated heterocycles. The summed E-state index contributed by atoms with van der Waals surface area (Å²) in [6.07, 6.45) is 1.58. The van der Waals surface area contributed by atoms with E-state index in [2.05, 4.69) is 10.3 Å². The van der Waals surface area contributed by atoms with E-state index in [0.29, 0.717) is 4.88 Å². The Morgan fingerprint density at radius 1 is 1.55 bits per heavy atom. The molecule has 1 amide bonds. The molecule has 1 atom stereocenters. The molecule has 0 spiro atoms. The predicted molar refractivity (Wildman–Crippen MR) is 83.2 cm³/mol. The summed E-state index contributed by atoms with van der Waals surface area (Å²) < 4.78 is 0. The number of carbonyl (C=O) groups excluding carboxylic acids is 1. The highest BCUT2D eigenvalue weighted by Gasteiger charge is 2.25. The van der Waals surface area contributed by atoms with Gasteiger partial charge in [0.25, 0.3) is 5.91 Å². The van der Waals surface area contributed by atoms with Crippen LogP contribution in [0.15, 0.2) is 23.0 Å². The number of amides is 1. The van der Waals surface area contributed by atoms with Gasteiger partial charge in [-0.05, 0) is 24.3 Å². The van der Waals surface area contributed by atoms with E-state index < -0.39 is 5.60 Å². The molecule has 0 saturated carbocycles. The molecule has 108 valence electrons. The minimum Gasteiger partial charge on any atom is -0.388 e. The Bertz CT molecular complexity index is 574. The van der Waals surface area contributed by atoms with Crippen molar-refractivity contribution < 1.29 is 9.90 Å². The van der Waals surface area contributed by atoms with Crippen LogP contribution in [0, 0.1) is 5.92 Å². The molecule has 2 rings (SSSR count). The van der Waals surface area contributed by atoms with Gasteiger partial charge in [-0.3, -0.25) is 4.79 Å². The van der Waals surface area contributed by atoms with Crippen LogP contribution in [0.5, 0.6) is 0 Å². The van der Waals surface area contributed by atoms with Crippen molar-refractivity contribution in [3.63, 3.8) is 0 Å². The third-order valence-corrected chi connectivity index (χ3v) is 5.08. The van der Waals surface area contributed by atoms with Gasteiger partial charge in [0.1, 0.15) is 9.88 Å². The van der Waals surface area contributed by atoms with Gasteiger partial charge in [0.05, 0.1) is 11.8 Å². The van der Waals surface area contributed by atoms with Crippen molar-refractivity contribution in [2.24, 2.45) is 5.92 Å². The van der Waals surface area contributed by atoms with Crippen molar-refractivity contribution in [2.45, 2.75) is 26.4 Å². The van der Waals surface area contributed by atoms with Gasteiger partial charge in [-0.25, -0.2) is 4.98 Å². The van der Waals surface area contributed by atoms with Gasteiger partial charge < -0.3 is 10.4 Å². The number of hydrogen-bond donors (Lipinski definition) is 2. The molecule has 0 aliphatic rings. The monoisotopic (exact) mass is 310 g/mol. The molecule has 4 nitrogen and oxygen atoms in total. The first-order chi connectivity index (χ1) is 9.40. The third kappa shape index (κ3) is 3.45. The number of rotatable bonds is 5. The van der Waals surface area contributed by atoms with Crippen LogP contribution in [-0.4, -0.2) is 28.1 Å². The highest BCUT2D eigenvalue weighted by molar-refractivity contribution is 7.17. The van der Waals surface area contributed by atoms with E-state index in [1.54, 1.807) is 24.5 Å². The lowest BCUT2D eigenvalue weighted by Crippen LogP contribution is -2.44. The quantitative estimate of drug-likeness (QED) is 0.892. The van der Waals surface area contributed by atoms with Gasteiger partial charge in [-0.1, -0.05) is 13.8 Å². The van der Waals surface area contributed by atoms with Crippen LogP contribution in [-0.2, 0) is 0 Å². The number of thiophene rings is 1. The van der Waals surface area contributed by atoms with Crippen LogP contribution in [0.25, 0.3) is 10.6 Å². The molecular formula is C14H18N2O2S2. The second-order valence-corrected chi connectivity index (χ2v) is 7.05. The first-order valence-electron chi connectivity index (χ1n) is 6.39. The van der Waals surface area contributed by atoms with E-state index in [9.17, 15) is 9.90 Å². The Balaban J connectivity index is 2.00. The number of nitrogens with zero attached hydrogens (tertiary/aromatic N) is 1. The fourth-order valence-corrected chi connectivity index (χ4v) is 2.99. The second kappa shape index (κ2) is 6.03. The summed E-state index contributed by atoms with van der Waals surface area (Å²) >= 11 is 2.96. The molecule has 0 aliphatic carbocycles. The average molecular weight is 310 g/mol. The molecule has 0 bridgehead atoms. The summed E-state index contributed by atoms with van der Waals surface area (Å²) in [6.45, 7) is 5.80. The lowest BCUT2D eigenvalue weighted by atomic mass is 9.92. The molecule has 0 radical (unpaired) electrons. The predicted octanol–water partition coefficient (Wildman–Crippen LogP) is 3.01. The van der Waals surface area contributed by atoms with Crippen molar-refractivity contribution in [1.29, 1.82) is 0 Å². The average Bonchev–Trinajstić information content (AvgIpc) is 3.05. The van der Waals surface area contributed by atoms with E-state index in [-0.39, 0.29) is 18.4 Å². The van der Waals surface area contributed by atoms with Crippen LogP contribution >= 0.6 is 22.7 Å². The Morgan fingerprint density at radius 2 is 2.30 bits per heavy atom. The zero-order valence-corrected chi connectivity index (χ0v) is 13.3. The highest BCUT2D eigenvalue weighted by Crippen LogP contribution is 2.27. The van der Waals surface area contributed by atoms with Gasteiger partial charge in [-0.2, -0.15) is 11.3 Å². The Hall–Kier alpha value is -1.24. The number of hydrogen-bond acceptors (Lipinski definition) is 5. The maximum absolute atomic E-state index is 12.0. The molecule has 2 N–H and O–H groups in total. The van der Waals surface area contributed by atoms with E-state index >= 15 is 0 Å². The fraction of sp³-hybridized carbons (Fsp3) is 0.429. The van der Waals surface area contributed by atoms with Crippen molar-refractivity contribution in [1.82, 2.24) is 10.3 Å². The number of carbonyl (C=O) groups is 1. The SMILES string of the molecule is CC(C)C(C)(O)CNC(=O)c1cnc(-c2ccsc2)s1. The Labute approximate surface area is 126 Å². The third-order valence-electron chi connectivity index (χ3n) is 3.35. The molecule has 6 heteroatoms. The summed E-state index contributed by atoms with van der Waals surface area (Å²) in [6, 6.07) is 1.98. The first-order valence-corrected chi connectivity index (χ1v) is 8.15. The van der Waals surface area contributed by atoms with Gasteiger partial charge in [0, 0.05) is 17.5 Å². The minimum absolute atomic E-state index is 0.0747. The first kappa shape index (κ1) is 15.2. The van der Waals surface area contributed by atoms with Crippen molar-refractivity contribution in [2.75, 3.05) is 6.54 Å². The van der Waals surface area contributed by atoms with Crippen LogP contribution in [0.2, 0.25) is 0 Å². The normalized spacial score (nSPS) is 14.2. The topological polar surface area (TPSA) is 62.2 Å². The van der Waals surface area contributed by atoms with E-state index in [0.717, 1.165) is 10.6 Å². The lowest BCUT2D eigenvalue weighted by Gasteiger charge is -2.27. The summed E-state index contributed by atoms with van der Waals surface area (Å²) in [5.74, 6) is -0.115. The lowest BCUT2D eigenvalue weighted by molar-refractivity contribution is 0.0143. The zero-order valence-electron chi connectivity index (χ0n) is 11.7. The van der Waals surface area contributed by atoms with Gasteiger partial charge >= 0.3 is 0 Å². The van der Waals surface area contributed by atoms with Crippen LogP contribution in [0.3, 0.4) is 0 Å². The minimum atomic E-state index is -0.906. The zero-order chi connectivity index (χ0) is 14.8. The van der Waals surface area contributed by atoms with Gasteiger partial charge in [-0.15, -0.1) is 11.3 Å². The Kier molecular flexibility index (Phi) is 4.57. The Morgan fingerprint density at radius 3 is 2.90 bits per heavy atom. The molecule has 0 aromatic carbocycles. The van der Waals surface area contributed by atoms with Gasteiger partial charge in [0.2, 0.25) is 0 Å². The second-order valence-electron chi connectivity index (χ2n) is 5.24. The molecule has 1 unspecified atom stereocenters. The van der Waals surface area contributed by atoms with Crippen molar-refractivity contribution in [3.8, 4) is 10.6 Å². The summed E-state index contributed by atoms with van der Waals surface area (Å²) in [5, 5.41) is 17.7. The largest absolute Gasteiger partial charge is 0.388 e. The molecule has 2 heterocycles. The van der Waals surface area contributed by atoms with E-state index in [1.165, 1.54) is 11.3 Å². The van der Waals surface area contributed by atoms with Crippen molar-refractivity contribution in [3.05, 3.63) is 27.9 Å². The fourth-order valence-electron chi connectivity index (χ4n) is 1.45. The summed E-state index contributed by atoms with van der Waals surface area (Å²) in [7, 11) is 0. The van der Waals surface area contributed by atoms with Crippen LogP contribution in [0.1, 0.15) is 30.4 Å². The van der Waals surface area contributed by atoms with E-state index in [1.807, 2.05) is 30.7 Å². The molecular weight excluding hydrogens is 292 g/mol. The summed E-state index contributed by atoms with van der Waals surface area (Å²) in [4.78, 5) is 16.9. The summed E-state index contributed by atoms with van der Waals surface area (Å²) in [5.41, 5.74) is 0.129. The number of aliphatic hydroxyl groups is 1. The number of thiazole rings is 1. The standard InChI is InChI=1S/C14H18N2O2S2/c1-9(2)14(3,18)8-16-12(17)11-6-15-13(20-11)10-4-5-19-7-10/h4-7,9,18H,8H2,1-3H3,(H,16,17). The van der Waals surface area contributed by atoms with Gasteiger partial charge in [0.15, 0.2) is 0 Å². The number of nitrogens with one attached hydrogen (secondary N) is 1. The molecule has 20 heavy (non-hydrogen) atoms. The van der Waals surface area contributed by atoms with Crippen molar-refractivity contribution >= 4 is 28.6 Å². The number of aromatic nitrogens is 1. The maximum atomic E-state index is 12.0. The maximum Gasteiger partial charge on any atom is 0.263 e. The highest BCUT2D eigenvalue weighted by atomic mass is 32.1.